The van der Waals surface area contributed by atoms with Gasteiger partial charge in [-0.05, 0) is 25.0 Å². The van der Waals surface area contributed by atoms with Gasteiger partial charge in [0.15, 0.2) is 0 Å². The molecule has 0 unspecified atom stereocenters. The van der Waals surface area contributed by atoms with Crippen LogP contribution >= 0.6 is 0 Å². The number of hydrogen-bond donors (Lipinski definition) is 3. The van der Waals surface area contributed by atoms with Crippen molar-refractivity contribution in [1.82, 2.24) is 5.32 Å². The number of carbonyl (C=O) groups is 2. The van der Waals surface area contributed by atoms with Crippen molar-refractivity contribution in [1.29, 1.82) is 0 Å². The van der Waals surface area contributed by atoms with Gasteiger partial charge in [-0.3, -0.25) is 9.59 Å². The molecule has 0 aliphatic heterocycles. The first-order chi connectivity index (χ1) is 9.22. The maximum atomic E-state index is 11.6. The topological polar surface area (TPSA) is 84.2 Å². The van der Waals surface area contributed by atoms with Gasteiger partial charge in [0.05, 0.1) is 6.54 Å². The van der Waals surface area contributed by atoms with Gasteiger partial charge in [-0.1, -0.05) is 24.6 Å². The van der Waals surface area contributed by atoms with Gasteiger partial charge < -0.3 is 16.4 Å². The molecule has 2 amide bonds. The minimum Gasteiger partial charge on any atom is -0.355 e. The number of hydrogen-bond acceptors (Lipinski definition) is 3. The van der Waals surface area contributed by atoms with Crippen LogP contribution in [-0.4, -0.2) is 24.9 Å². The molecule has 0 heterocycles. The molecule has 4 N–H and O–H groups in total. The molecule has 0 aliphatic carbocycles. The summed E-state index contributed by atoms with van der Waals surface area (Å²) < 4.78 is 0. The second-order valence-corrected chi connectivity index (χ2v) is 4.28. The first-order valence-electron chi connectivity index (χ1n) is 6.54. The fraction of sp³-hybridized carbons (Fsp3) is 0.429. The number of nitrogens with one attached hydrogen (secondary N) is 2. The van der Waals surface area contributed by atoms with Crippen LogP contribution in [0.5, 0.6) is 0 Å². The molecule has 19 heavy (non-hydrogen) atoms. The lowest BCUT2D eigenvalue weighted by Gasteiger charge is -2.05. The van der Waals surface area contributed by atoms with E-state index in [1.807, 2.05) is 30.3 Å². The number of carbonyl (C=O) groups excluding carboxylic acids is 2. The number of nitrogens with two attached hydrogens (primary N) is 1. The normalized spacial score (nSPS) is 9.95. The molecule has 0 spiro atoms. The molecule has 0 bridgehead atoms. The highest BCUT2D eigenvalue weighted by molar-refractivity contribution is 5.90. The summed E-state index contributed by atoms with van der Waals surface area (Å²) in [5.41, 5.74) is 5.98. The van der Waals surface area contributed by atoms with E-state index < -0.39 is 0 Å². The summed E-state index contributed by atoms with van der Waals surface area (Å²) in [4.78, 5) is 22.5. The van der Waals surface area contributed by atoms with Crippen molar-refractivity contribution < 1.29 is 9.59 Å². The van der Waals surface area contributed by atoms with E-state index >= 15 is 0 Å². The summed E-state index contributed by atoms with van der Waals surface area (Å²) >= 11 is 0. The van der Waals surface area contributed by atoms with Gasteiger partial charge in [-0.2, -0.15) is 0 Å². The van der Waals surface area contributed by atoms with Crippen molar-refractivity contribution in [2.24, 2.45) is 5.73 Å². The average Bonchev–Trinajstić information content (AvgIpc) is 2.43. The van der Waals surface area contributed by atoms with Crippen molar-refractivity contribution in [2.75, 3.05) is 18.4 Å². The minimum atomic E-state index is -0.137. The van der Waals surface area contributed by atoms with Crippen LogP contribution in [0.15, 0.2) is 30.3 Å². The van der Waals surface area contributed by atoms with Gasteiger partial charge in [0, 0.05) is 18.7 Å². The van der Waals surface area contributed by atoms with E-state index in [0.717, 1.165) is 24.9 Å². The summed E-state index contributed by atoms with van der Waals surface area (Å²) in [5.74, 6) is -0.112. The second kappa shape index (κ2) is 9.10. The Labute approximate surface area is 113 Å². The Kier molecular flexibility index (Phi) is 7.27. The lowest BCUT2D eigenvalue weighted by Crippen LogP contribution is -2.30. The van der Waals surface area contributed by atoms with E-state index in [-0.39, 0.29) is 18.4 Å². The van der Waals surface area contributed by atoms with Gasteiger partial charge in [0.25, 0.3) is 0 Å². The van der Waals surface area contributed by atoms with E-state index in [0.29, 0.717) is 13.0 Å². The van der Waals surface area contributed by atoms with Crippen LogP contribution in [0, 0.1) is 0 Å². The lowest BCUT2D eigenvalue weighted by atomic mass is 10.2. The van der Waals surface area contributed by atoms with E-state index in [1.165, 1.54) is 0 Å². The zero-order valence-electron chi connectivity index (χ0n) is 11.0. The number of anilines is 1. The van der Waals surface area contributed by atoms with Crippen molar-refractivity contribution in [3.05, 3.63) is 30.3 Å². The zero-order chi connectivity index (χ0) is 13.9. The molecule has 0 aliphatic rings. The molecule has 5 heteroatoms. The van der Waals surface area contributed by atoms with Crippen LogP contribution in [0.25, 0.3) is 0 Å². The Balaban J connectivity index is 2.03. The molecule has 0 saturated heterocycles. The maximum Gasteiger partial charge on any atom is 0.233 e. The molecule has 0 aromatic heterocycles. The van der Waals surface area contributed by atoms with Crippen LogP contribution in [0.4, 0.5) is 5.69 Å². The Bertz CT molecular complexity index is 393. The SMILES string of the molecule is NCC(=O)NCCCCCC(=O)Nc1ccccc1. The van der Waals surface area contributed by atoms with Gasteiger partial charge >= 0.3 is 0 Å². The van der Waals surface area contributed by atoms with Crippen LogP contribution in [0.1, 0.15) is 25.7 Å². The molecule has 0 atom stereocenters. The highest BCUT2D eigenvalue weighted by Crippen LogP contribution is 2.07. The molecule has 104 valence electrons. The smallest absolute Gasteiger partial charge is 0.233 e. The molecule has 0 radical (unpaired) electrons. The monoisotopic (exact) mass is 263 g/mol. The Morgan fingerprint density at radius 3 is 2.42 bits per heavy atom. The summed E-state index contributed by atoms with van der Waals surface area (Å²) in [6.45, 7) is 0.649. The van der Waals surface area contributed by atoms with E-state index in [2.05, 4.69) is 10.6 Å². The quantitative estimate of drug-likeness (QED) is 0.617. The number of rotatable bonds is 8. The Hall–Kier alpha value is -1.88. The van der Waals surface area contributed by atoms with Crippen LogP contribution in [-0.2, 0) is 9.59 Å². The fourth-order valence-corrected chi connectivity index (χ4v) is 1.63. The molecule has 1 aromatic carbocycles. The minimum absolute atomic E-state index is 0.0252. The third-order valence-electron chi connectivity index (χ3n) is 2.65. The molecular weight excluding hydrogens is 242 g/mol. The average molecular weight is 263 g/mol. The summed E-state index contributed by atoms with van der Waals surface area (Å²) in [5, 5.41) is 5.53. The van der Waals surface area contributed by atoms with Gasteiger partial charge in [0.2, 0.25) is 11.8 Å². The molecular formula is C14H21N3O2. The van der Waals surface area contributed by atoms with Crippen molar-refractivity contribution in [2.45, 2.75) is 25.7 Å². The lowest BCUT2D eigenvalue weighted by molar-refractivity contribution is -0.120. The molecule has 1 rings (SSSR count). The van der Waals surface area contributed by atoms with E-state index in [1.54, 1.807) is 0 Å². The van der Waals surface area contributed by atoms with Gasteiger partial charge in [-0.15, -0.1) is 0 Å². The highest BCUT2D eigenvalue weighted by atomic mass is 16.2. The third kappa shape index (κ3) is 7.21. The van der Waals surface area contributed by atoms with Crippen molar-refractivity contribution in [3.63, 3.8) is 0 Å². The standard InChI is InChI=1S/C14H21N3O2/c15-11-14(19)16-10-6-2-5-9-13(18)17-12-7-3-1-4-8-12/h1,3-4,7-8H,2,5-6,9-11,15H2,(H,16,19)(H,17,18). The number of unbranched alkanes of at least 4 members (excludes halogenated alkanes) is 2. The van der Waals surface area contributed by atoms with Crippen LogP contribution in [0.3, 0.4) is 0 Å². The van der Waals surface area contributed by atoms with Gasteiger partial charge in [0.1, 0.15) is 0 Å². The number of para-hydroxylation sites is 1. The van der Waals surface area contributed by atoms with Crippen molar-refractivity contribution in [3.8, 4) is 0 Å². The first kappa shape index (κ1) is 15.2. The van der Waals surface area contributed by atoms with Crippen LogP contribution in [0.2, 0.25) is 0 Å². The predicted molar refractivity (Wildman–Crippen MR) is 75.6 cm³/mol. The highest BCUT2D eigenvalue weighted by Gasteiger charge is 2.01. The van der Waals surface area contributed by atoms with Crippen molar-refractivity contribution >= 4 is 17.5 Å². The summed E-state index contributed by atoms with van der Waals surface area (Å²) in [6, 6.07) is 9.40. The largest absolute Gasteiger partial charge is 0.355 e. The summed E-state index contributed by atoms with van der Waals surface area (Å²) in [7, 11) is 0. The third-order valence-corrected chi connectivity index (χ3v) is 2.65. The summed E-state index contributed by atoms with van der Waals surface area (Å²) in [6.07, 6.45) is 3.09. The number of amides is 2. The van der Waals surface area contributed by atoms with E-state index in [4.69, 9.17) is 5.73 Å². The zero-order valence-corrected chi connectivity index (χ0v) is 11.0. The molecule has 1 aromatic rings. The Morgan fingerprint density at radius 1 is 1.00 bits per heavy atom. The molecule has 0 saturated carbocycles. The Morgan fingerprint density at radius 2 is 1.74 bits per heavy atom. The molecule has 5 nitrogen and oxygen atoms in total. The second-order valence-electron chi connectivity index (χ2n) is 4.28. The fourth-order valence-electron chi connectivity index (χ4n) is 1.63. The number of benzene rings is 1. The van der Waals surface area contributed by atoms with Gasteiger partial charge in [-0.25, -0.2) is 0 Å². The predicted octanol–water partition coefficient (Wildman–Crippen LogP) is 1.26. The van der Waals surface area contributed by atoms with E-state index in [9.17, 15) is 9.59 Å². The maximum absolute atomic E-state index is 11.6. The van der Waals surface area contributed by atoms with Crippen LogP contribution < -0.4 is 16.4 Å². The molecule has 0 fully saturated rings. The first-order valence-corrected chi connectivity index (χ1v) is 6.54.